The summed E-state index contributed by atoms with van der Waals surface area (Å²) in [6.45, 7) is 28.1. The normalized spacial score (nSPS) is 20.3. The van der Waals surface area contributed by atoms with E-state index in [9.17, 15) is 4.79 Å². The van der Waals surface area contributed by atoms with Gasteiger partial charge in [0.25, 0.3) is 0 Å². The monoisotopic (exact) mass is 874 g/mol. The molecule has 1 atom stereocenters. The molecule has 3 aromatic rings. The van der Waals surface area contributed by atoms with Crippen LogP contribution in [-0.4, -0.2) is 116 Å². The molecule has 4 fully saturated rings. The van der Waals surface area contributed by atoms with Gasteiger partial charge in [-0.3, -0.25) is 9.69 Å². The van der Waals surface area contributed by atoms with Gasteiger partial charge in [-0.2, -0.15) is 0 Å². The van der Waals surface area contributed by atoms with Crippen molar-refractivity contribution in [2.45, 2.75) is 149 Å². The molecule has 63 heavy (non-hydrogen) atoms. The lowest BCUT2D eigenvalue weighted by molar-refractivity contribution is -0.156. The standard InChI is InChI=1S/C32H47N3O4.C13H20N2O.C6H12.CH4O/c1-25(2)28-9-14-33-29(22-28)35-17-20-38-32(24-35)12-15-34(16-13-32)23-27-8-6-7-26(21-27)10-18-37-19-11-30(36)39-31(3,4)5;1-4-13(3)10-15(7-8-16-13)12-9-11(2)5-6-14-12;1-6-4-2-3-5-6;1-2/h6-9,14,21-22,25H,10-13,15-20,23-24H2,1-5H3;5-6,9H,4,7-8,10H2,1-3H3;6H,2-5H2,1H3;2H,1H3. The maximum atomic E-state index is 11.8. The van der Waals surface area contributed by atoms with Crippen molar-refractivity contribution in [1.29, 1.82) is 0 Å². The lowest BCUT2D eigenvalue weighted by Gasteiger charge is -2.47. The minimum absolute atomic E-state index is 0.0241. The lowest BCUT2D eigenvalue weighted by Crippen LogP contribution is -2.57. The fourth-order valence-corrected chi connectivity index (χ4v) is 8.57. The molecule has 5 heterocycles. The zero-order chi connectivity index (χ0) is 45.9. The number of aromatic nitrogens is 2. The maximum absolute atomic E-state index is 11.8. The van der Waals surface area contributed by atoms with Crippen LogP contribution in [0.1, 0.15) is 135 Å². The fourth-order valence-electron chi connectivity index (χ4n) is 8.57. The Balaban J connectivity index is 0.000000295. The Morgan fingerprint density at radius 1 is 0.873 bits per heavy atom. The van der Waals surface area contributed by atoms with E-state index in [0.29, 0.717) is 19.1 Å². The summed E-state index contributed by atoms with van der Waals surface area (Å²) in [5.41, 5.74) is 4.64. The summed E-state index contributed by atoms with van der Waals surface area (Å²) in [5.74, 6) is 3.49. The molecule has 2 aromatic heterocycles. The van der Waals surface area contributed by atoms with Crippen molar-refractivity contribution in [3.05, 3.63) is 83.2 Å². The average Bonchev–Trinajstić information content (AvgIpc) is 3.76. The molecular formula is C52H83N5O6. The van der Waals surface area contributed by atoms with Gasteiger partial charge in [-0.05, 0) is 119 Å². The van der Waals surface area contributed by atoms with Crippen LogP contribution in [-0.2, 0) is 36.7 Å². The Labute approximate surface area is 381 Å². The number of hydrogen-bond acceptors (Lipinski definition) is 11. The zero-order valence-corrected chi connectivity index (χ0v) is 40.8. The van der Waals surface area contributed by atoms with Crippen molar-refractivity contribution < 1.29 is 28.8 Å². The first-order valence-corrected chi connectivity index (χ1v) is 23.8. The molecule has 1 aliphatic carbocycles. The van der Waals surface area contributed by atoms with Crippen LogP contribution in [0, 0.1) is 12.8 Å². The number of aryl methyl sites for hydroxylation is 1. The lowest BCUT2D eigenvalue weighted by atomic mass is 9.89. The topological polar surface area (TPSA) is 110 Å². The van der Waals surface area contributed by atoms with Gasteiger partial charge in [0, 0.05) is 65.3 Å². The fraction of sp³-hybridized carbons (Fsp3) is 0.673. The number of morpholine rings is 2. The van der Waals surface area contributed by atoms with Gasteiger partial charge in [0.1, 0.15) is 17.2 Å². The first-order chi connectivity index (χ1) is 30.1. The number of aliphatic hydroxyl groups is 1. The van der Waals surface area contributed by atoms with Crippen molar-refractivity contribution in [3.8, 4) is 0 Å². The van der Waals surface area contributed by atoms with Crippen LogP contribution < -0.4 is 9.80 Å². The zero-order valence-electron chi connectivity index (χ0n) is 40.8. The van der Waals surface area contributed by atoms with Crippen LogP contribution in [0.4, 0.5) is 11.6 Å². The molecule has 0 bridgehead atoms. The number of pyridine rings is 2. The Bertz CT molecular complexity index is 1770. The number of esters is 1. The largest absolute Gasteiger partial charge is 0.460 e. The minimum Gasteiger partial charge on any atom is -0.460 e. The van der Waals surface area contributed by atoms with Gasteiger partial charge >= 0.3 is 5.97 Å². The van der Waals surface area contributed by atoms with Gasteiger partial charge in [0.15, 0.2) is 0 Å². The molecule has 1 N–H and O–H groups in total. The number of nitrogens with zero attached hydrogens (tertiary/aromatic N) is 5. The second-order valence-electron chi connectivity index (χ2n) is 19.5. The number of piperidine rings is 1. The van der Waals surface area contributed by atoms with Crippen molar-refractivity contribution in [2.75, 3.05) is 82.6 Å². The van der Waals surface area contributed by atoms with Crippen LogP contribution in [0.3, 0.4) is 0 Å². The summed E-state index contributed by atoms with van der Waals surface area (Å²) in [7, 11) is 1.00. The van der Waals surface area contributed by atoms with Crippen LogP contribution in [0.15, 0.2) is 60.9 Å². The molecule has 11 heteroatoms. The van der Waals surface area contributed by atoms with Gasteiger partial charge in [0.2, 0.25) is 0 Å². The molecule has 352 valence electrons. The third kappa shape index (κ3) is 18.1. The number of benzene rings is 1. The molecule has 1 aromatic carbocycles. The first kappa shape index (κ1) is 52.0. The van der Waals surface area contributed by atoms with Gasteiger partial charge < -0.3 is 33.9 Å². The molecule has 4 aliphatic rings. The first-order valence-electron chi connectivity index (χ1n) is 23.8. The van der Waals surface area contributed by atoms with Gasteiger partial charge in [-0.25, -0.2) is 9.97 Å². The van der Waals surface area contributed by atoms with Gasteiger partial charge in [-0.1, -0.05) is 77.6 Å². The summed E-state index contributed by atoms with van der Waals surface area (Å²) < 4.78 is 23.3. The van der Waals surface area contributed by atoms with E-state index in [-0.39, 0.29) is 23.6 Å². The summed E-state index contributed by atoms with van der Waals surface area (Å²) >= 11 is 0. The quantitative estimate of drug-likeness (QED) is 0.139. The predicted molar refractivity (Wildman–Crippen MR) is 257 cm³/mol. The molecule has 3 saturated heterocycles. The maximum Gasteiger partial charge on any atom is 0.308 e. The number of carbonyl (C=O) groups is 1. The highest BCUT2D eigenvalue weighted by atomic mass is 16.6. The van der Waals surface area contributed by atoms with Crippen LogP contribution in [0.5, 0.6) is 0 Å². The van der Waals surface area contributed by atoms with E-state index in [2.05, 4.69) is 109 Å². The summed E-state index contributed by atoms with van der Waals surface area (Å²) in [6.07, 6.45) is 14.0. The highest BCUT2D eigenvalue weighted by Crippen LogP contribution is 2.33. The second-order valence-corrected chi connectivity index (χ2v) is 19.5. The molecule has 1 unspecified atom stereocenters. The number of rotatable bonds is 12. The molecule has 0 radical (unpaired) electrons. The van der Waals surface area contributed by atoms with Crippen molar-refractivity contribution >= 4 is 17.6 Å². The Kier molecular flexibility index (Phi) is 21.3. The van der Waals surface area contributed by atoms with Crippen molar-refractivity contribution in [3.63, 3.8) is 0 Å². The van der Waals surface area contributed by atoms with Crippen LogP contribution in [0.2, 0.25) is 0 Å². The number of likely N-dealkylation sites (tertiary alicyclic amines) is 1. The van der Waals surface area contributed by atoms with E-state index >= 15 is 0 Å². The molecule has 0 amide bonds. The number of ether oxygens (including phenoxy) is 4. The molecular weight excluding hydrogens is 791 g/mol. The SMILES string of the molecule is CC(C)c1ccnc(N2CCOC3(CCN(Cc4cccc(CCOCCC(=O)OC(C)(C)C)c4)CC3)C2)c1.CC1CCCC1.CCC1(C)CN(c2cc(C)ccn2)CCO1.CO. The van der Waals surface area contributed by atoms with Gasteiger partial charge in [-0.15, -0.1) is 0 Å². The third-order valence-corrected chi connectivity index (χ3v) is 12.5. The number of anilines is 2. The molecule has 7 rings (SSSR count). The van der Waals surface area contributed by atoms with E-state index in [1.54, 1.807) is 0 Å². The number of aliphatic hydroxyl groups excluding tert-OH is 1. The van der Waals surface area contributed by atoms with Crippen LogP contribution >= 0.6 is 0 Å². The molecule has 1 saturated carbocycles. The average molecular weight is 874 g/mol. The van der Waals surface area contributed by atoms with Crippen LogP contribution in [0.25, 0.3) is 0 Å². The third-order valence-electron chi connectivity index (χ3n) is 12.5. The minimum atomic E-state index is -0.451. The van der Waals surface area contributed by atoms with E-state index < -0.39 is 5.60 Å². The highest BCUT2D eigenvalue weighted by molar-refractivity contribution is 5.69. The Hall–Kier alpha value is -3.61. The Morgan fingerprint density at radius 3 is 2.13 bits per heavy atom. The van der Waals surface area contributed by atoms with E-state index in [1.807, 2.05) is 39.2 Å². The molecule has 1 spiro atoms. The van der Waals surface area contributed by atoms with E-state index in [1.165, 1.54) is 47.9 Å². The summed E-state index contributed by atoms with van der Waals surface area (Å²) in [4.78, 5) is 28.2. The van der Waals surface area contributed by atoms with Crippen molar-refractivity contribution in [2.24, 2.45) is 5.92 Å². The van der Waals surface area contributed by atoms with E-state index in [0.717, 1.165) is 109 Å². The smallest absolute Gasteiger partial charge is 0.308 e. The summed E-state index contributed by atoms with van der Waals surface area (Å²) in [5, 5.41) is 7.00. The molecule has 3 aliphatic heterocycles. The van der Waals surface area contributed by atoms with Gasteiger partial charge in [0.05, 0.1) is 44.1 Å². The summed E-state index contributed by atoms with van der Waals surface area (Å²) in [6, 6.07) is 17.3. The number of carbonyl (C=O) groups excluding carboxylic acids is 1. The van der Waals surface area contributed by atoms with Crippen molar-refractivity contribution in [1.82, 2.24) is 14.9 Å². The predicted octanol–water partition coefficient (Wildman–Crippen LogP) is 9.57. The second kappa shape index (κ2) is 25.8. The highest BCUT2D eigenvalue weighted by Gasteiger charge is 2.40. The van der Waals surface area contributed by atoms with E-state index in [4.69, 9.17) is 24.1 Å². The molecule has 11 nitrogen and oxygen atoms in total. The number of hydrogen-bond donors (Lipinski definition) is 1. The Morgan fingerprint density at radius 2 is 1.51 bits per heavy atom.